The van der Waals surface area contributed by atoms with E-state index in [1.165, 1.54) is 18.9 Å². The third-order valence-electron chi connectivity index (χ3n) is 3.80. The number of nitrogens with one attached hydrogen (secondary N) is 1. The number of hydrogen-bond acceptors (Lipinski definition) is 5. The van der Waals surface area contributed by atoms with Crippen LogP contribution in [0.2, 0.25) is 0 Å². The highest BCUT2D eigenvalue weighted by atomic mass is 16.6. The highest BCUT2D eigenvalue weighted by Crippen LogP contribution is 2.31. The molecule has 0 amide bonds. The Labute approximate surface area is 111 Å². The van der Waals surface area contributed by atoms with Crippen LogP contribution in [-0.4, -0.2) is 35.0 Å². The van der Waals surface area contributed by atoms with Crippen LogP contribution in [-0.2, 0) is 0 Å². The van der Waals surface area contributed by atoms with Crippen molar-refractivity contribution >= 4 is 17.1 Å². The van der Waals surface area contributed by atoms with Gasteiger partial charge in [0.1, 0.15) is 0 Å². The monoisotopic (exact) mass is 262 g/mol. The summed E-state index contributed by atoms with van der Waals surface area (Å²) in [7, 11) is 0. The normalized spacial score (nSPS) is 23.5. The smallest absolute Gasteiger partial charge is 0.273 e. The van der Waals surface area contributed by atoms with Crippen LogP contribution < -0.4 is 11.1 Å². The first-order chi connectivity index (χ1) is 9.11. The van der Waals surface area contributed by atoms with E-state index in [0.29, 0.717) is 11.7 Å². The molecule has 1 heterocycles. The zero-order valence-corrected chi connectivity index (χ0v) is 10.7. The standard InChI is InChI=1S/C13H18N4O2/c14-9-5-11(7-13(6-9)17(18)19)15-10-3-4-16(8-10)12-1-2-12/h5-7,10,12,15H,1-4,8,14H2. The average Bonchev–Trinajstić information content (AvgIpc) is 3.10. The Hall–Kier alpha value is -1.82. The second kappa shape index (κ2) is 4.70. The number of nitrogen functional groups attached to an aromatic ring is 1. The Balaban J connectivity index is 1.67. The van der Waals surface area contributed by atoms with Crippen molar-refractivity contribution in [1.82, 2.24) is 4.90 Å². The molecule has 3 rings (SSSR count). The van der Waals surface area contributed by atoms with Gasteiger partial charge in [-0.3, -0.25) is 15.0 Å². The van der Waals surface area contributed by atoms with E-state index in [-0.39, 0.29) is 5.69 Å². The third kappa shape index (κ3) is 2.78. The van der Waals surface area contributed by atoms with E-state index in [4.69, 9.17) is 5.73 Å². The minimum Gasteiger partial charge on any atom is -0.398 e. The van der Waals surface area contributed by atoms with Gasteiger partial charge in [-0.15, -0.1) is 0 Å². The summed E-state index contributed by atoms with van der Waals surface area (Å²) in [4.78, 5) is 12.9. The number of nitro groups is 1. The molecule has 1 unspecified atom stereocenters. The number of nitro benzene ring substituents is 1. The van der Waals surface area contributed by atoms with Crippen molar-refractivity contribution < 1.29 is 4.92 Å². The van der Waals surface area contributed by atoms with Crippen LogP contribution in [0.5, 0.6) is 0 Å². The van der Waals surface area contributed by atoms with Crippen LogP contribution in [0.1, 0.15) is 19.3 Å². The summed E-state index contributed by atoms with van der Waals surface area (Å²) in [5.41, 5.74) is 6.91. The number of non-ortho nitro benzene ring substituents is 1. The van der Waals surface area contributed by atoms with Gasteiger partial charge in [0.2, 0.25) is 0 Å². The fourth-order valence-corrected chi connectivity index (χ4v) is 2.74. The Morgan fingerprint density at radius 2 is 2.11 bits per heavy atom. The van der Waals surface area contributed by atoms with Crippen molar-refractivity contribution in [3.05, 3.63) is 28.3 Å². The molecule has 1 saturated carbocycles. The number of nitrogens with two attached hydrogens (primary N) is 1. The molecule has 3 N–H and O–H groups in total. The predicted octanol–water partition coefficient (Wildman–Crippen LogP) is 1.83. The average molecular weight is 262 g/mol. The molecule has 2 aliphatic rings. The Kier molecular flexibility index (Phi) is 3.02. The maximum absolute atomic E-state index is 10.8. The summed E-state index contributed by atoms with van der Waals surface area (Å²) in [5, 5.41) is 14.2. The molecule has 1 saturated heterocycles. The summed E-state index contributed by atoms with van der Waals surface area (Å²) in [6, 6.07) is 5.84. The third-order valence-corrected chi connectivity index (χ3v) is 3.80. The van der Waals surface area contributed by atoms with Crippen LogP contribution >= 0.6 is 0 Å². The topological polar surface area (TPSA) is 84.4 Å². The number of likely N-dealkylation sites (tertiary alicyclic amines) is 1. The Morgan fingerprint density at radius 3 is 2.79 bits per heavy atom. The molecule has 2 fully saturated rings. The molecule has 1 aromatic carbocycles. The van der Waals surface area contributed by atoms with E-state index in [0.717, 1.165) is 31.2 Å². The van der Waals surface area contributed by atoms with E-state index in [1.807, 2.05) is 0 Å². The first-order valence-electron chi connectivity index (χ1n) is 6.67. The maximum Gasteiger partial charge on any atom is 0.273 e. The zero-order valence-electron chi connectivity index (χ0n) is 10.7. The van der Waals surface area contributed by atoms with E-state index in [1.54, 1.807) is 12.1 Å². The molecule has 1 atom stereocenters. The molecule has 0 bridgehead atoms. The Morgan fingerprint density at radius 1 is 1.32 bits per heavy atom. The lowest BCUT2D eigenvalue weighted by molar-refractivity contribution is -0.384. The summed E-state index contributed by atoms with van der Waals surface area (Å²) in [5.74, 6) is 0. The molecule has 102 valence electrons. The minimum absolute atomic E-state index is 0.0412. The van der Waals surface area contributed by atoms with Crippen LogP contribution in [0.15, 0.2) is 18.2 Å². The molecule has 0 radical (unpaired) electrons. The molecule has 0 aromatic heterocycles. The molecule has 19 heavy (non-hydrogen) atoms. The second-order valence-corrected chi connectivity index (χ2v) is 5.43. The van der Waals surface area contributed by atoms with E-state index >= 15 is 0 Å². The summed E-state index contributed by atoms with van der Waals surface area (Å²) in [6.45, 7) is 2.14. The SMILES string of the molecule is Nc1cc(NC2CCN(C3CC3)C2)cc([N+](=O)[O-])c1. The van der Waals surface area contributed by atoms with E-state index in [9.17, 15) is 10.1 Å². The number of rotatable bonds is 4. The molecule has 1 aliphatic carbocycles. The van der Waals surface area contributed by atoms with E-state index < -0.39 is 4.92 Å². The van der Waals surface area contributed by atoms with Gasteiger partial charge in [-0.05, 0) is 25.3 Å². The predicted molar refractivity (Wildman–Crippen MR) is 74.1 cm³/mol. The molecular weight excluding hydrogens is 244 g/mol. The molecular formula is C13H18N4O2. The lowest BCUT2D eigenvalue weighted by Gasteiger charge is -2.16. The highest BCUT2D eigenvalue weighted by Gasteiger charge is 2.34. The van der Waals surface area contributed by atoms with Gasteiger partial charge in [0.15, 0.2) is 0 Å². The quantitative estimate of drug-likeness (QED) is 0.491. The highest BCUT2D eigenvalue weighted by molar-refractivity contribution is 5.61. The molecule has 0 spiro atoms. The van der Waals surface area contributed by atoms with Gasteiger partial charge in [0.05, 0.1) is 4.92 Å². The van der Waals surface area contributed by atoms with Gasteiger partial charge in [0, 0.05) is 48.7 Å². The number of anilines is 2. The van der Waals surface area contributed by atoms with Crippen molar-refractivity contribution in [3.8, 4) is 0 Å². The molecule has 1 aromatic rings. The van der Waals surface area contributed by atoms with Crippen LogP contribution in [0, 0.1) is 10.1 Å². The lowest BCUT2D eigenvalue weighted by atomic mass is 10.2. The van der Waals surface area contributed by atoms with Crippen LogP contribution in [0.3, 0.4) is 0 Å². The largest absolute Gasteiger partial charge is 0.398 e. The zero-order chi connectivity index (χ0) is 13.4. The first-order valence-corrected chi connectivity index (χ1v) is 6.67. The van der Waals surface area contributed by atoms with Crippen molar-refractivity contribution in [3.63, 3.8) is 0 Å². The van der Waals surface area contributed by atoms with Crippen LogP contribution in [0.4, 0.5) is 17.1 Å². The number of benzene rings is 1. The van der Waals surface area contributed by atoms with Gasteiger partial charge < -0.3 is 11.1 Å². The molecule has 6 heteroatoms. The summed E-state index contributed by atoms with van der Waals surface area (Å²) >= 11 is 0. The number of nitrogens with zero attached hydrogens (tertiary/aromatic N) is 2. The number of hydrogen-bond donors (Lipinski definition) is 2. The summed E-state index contributed by atoms with van der Waals surface area (Å²) < 4.78 is 0. The molecule has 6 nitrogen and oxygen atoms in total. The maximum atomic E-state index is 10.8. The lowest BCUT2D eigenvalue weighted by Crippen LogP contribution is -2.27. The van der Waals surface area contributed by atoms with Gasteiger partial charge in [-0.2, -0.15) is 0 Å². The minimum atomic E-state index is -0.410. The summed E-state index contributed by atoms with van der Waals surface area (Å²) in [6.07, 6.45) is 3.71. The first kappa shape index (κ1) is 12.2. The fourth-order valence-electron chi connectivity index (χ4n) is 2.74. The second-order valence-electron chi connectivity index (χ2n) is 5.43. The van der Waals surface area contributed by atoms with Crippen molar-refractivity contribution in [2.45, 2.75) is 31.3 Å². The Bertz CT molecular complexity index is 501. The van der Waals surface area contributed by atoms with Crippen molar-refractivity contribution in [2.75, 3.05) is 24.1 Å². The van der Waals surface area contributed by atoms with Gasteiger partial charge in [-0.1, -0.05) is 0 Å². The van der Waals surface area contributed by atoms with Gasteiger partial charge in [0.25, 0.3) is 5.69 Å². The van der Waals surface area contributed by atoms with Crippen molar-refractivity contribution in [2.24, 2.45) is 0 Å². The van der Waals surface area contributed by atoms with Crippen molar-refractivity contribution in [1.29, 1.82) is 0 Å². The van der Waals surface area contributed by atoms with Gasteiger partial charge in [-0.25, -0.2) is 0 Å². The molecule has 1 aliphatic heterocycles. The van der Waals surface area contributed by atoms with Crippen LogP contribution in [0.25, 0.3) is 0 Å². The van der Waals surface area contributed by atoms with E-state index in [2.05, 4.69) is 10.2 Å². The van der Waals surface area contributed by atoms with Gasteiger partial charge >= 0.3 is 0 Å². The fraction of sp³-hybridized carbons (Fsp3) is 0.538.